The monoisotopic (exact) mass is 532 g/mol. The number of nitro benzene ring substituents is 2. The molecule has 1 N–H and O–H groups in total. The third-order valence-electron chi connectivity index (χ3n) is 4.65. The summed E-state index contributed by atoms with van der Waals surface area (Å²) in [5.74, 6) is -1.65. The number of rotatable bonds is 7. The van der Waals surface area contributed by atoms with Gasteiger partial charge in [0.2, 0.25) is 5.75 Å². The van der Waals surface area contributed by atoms with Gasteiger partial charge in [0.1, 0.15) is 17.4 Å². The highest BCUT2D eigenvalue weighted by Gasteiger charge is 2.33. The standard InChI is InChI=1S/C23H12ClF3N4O6/c24-16-5-7-20(37-21-6-4-15(23(25,26)27)10-19(21)31(35)36)13(9-16)8-14(12-28)22(32)29-17-2-1-3-18(11-17)30(33)34/h1-11H,(H,29,32)/b14-8+. The Kier molecular flexibility index (Phi) is 7.74. The molecule has 3 aromatic carbocycles. The topological polar surface area (TPSA) is 148 Å². The average Bonchev–Trinajstić information content (AvgIpc) is 2.83. The number of carbonyl (C=O) groups is 1. The van der Waals surface area contributed by atoms with Gasteiger partial charge >= 0.3 is 11.9 Å². The summed E-state index contributed by atoms with van der Waals surface area (Å²) in [5, 5.41) is 34.2. The van der Waals surface area contributed by atoms with Gasteiger partial charge in [-0.25, -0.2) is 0 Å². The van der Waals surface area contributed by atoms with Crippen LogP contribution in [0.1, 0.15) is 11.1 Å². The van der Waals surface area contributed by atoms with Crippen molar-refractivity contribution in [3.63, 3.8) is 0 Å². The lowest BCUT2D eigenvalue weighted by atomic mass is 10.1. The molecule has 0 aliphatic carbocycles. The molecule has 10 nitrogen and oxygen atoms in total. The number of halogens is 4. The minimum Gasteiger partial charge on any atom is -0.449 e. The zero-order valence-corrected chi connectivity index (χ0v) is 18.9. The number of ether oxygens (including phenoxy) is 1. The first-order valence-electron chi connectivity index (χ1n) is 9.89. The van der Waals surface area contributed by atoms with Crippen LogP contribution in [0.25, 0.3) is 6.08 Å². The van der Waals surface area contributed by atoms with E-state index in [9.17, 15) is 43.5 Å². The molecular formula is C23H12ClF3N4O6. The number of alkyl halides is 3. The van der Waals surface area contributed by atoms with Crippen molar-refractivity contribution >= 4 is 40.6 Å². The van der Waals surface area contributed by atoms with Gasteiger partial charge in [0.15, 0.2) is 0 Å². The number of nitriles is 1. The maximum absolute atomic E-state index is 13.0. The molecular weight excluding hydrogens is 521 g/mol. The van der Waals surface area contributed by atoms with Crippen molar-refractivity contribution in [2.45, 2.75) is 6.18 Å². The van der Waals surface area contributed by atoms with Crippen molar-refractivity contribution in [3.05, 3.63) is 103 Å². The van der Waals surface area contributed by atoms with Gasteiger partial charge in [0.05, 0.1) is 15.4 Å². The molecule has 0 spiro atoms. The number of nitrogens with zero attached hydrogens (tertiary/aromatic N) is 3. The van der Waals surface area contributed by atoms with Crippen LogP contribution in [0.4, 0.5) is 30.2 Å². The van der Waals surface area contributed by atoms with Crippen molar-refractivity contribution < 1.29 is 32.5 Å². The molecule has 0 radical (unpaired) electrons. The molecule has 3 rings (SSSR count). The summed E-state index contributed by atoms with van der Waals surface area (Å²) < 4.78 is 44.4. The molecule has 1 amide bonds. The first-order chi connectivity index (χ1) is 17.4. The van der Waals surface area contributed by atoms with E-state index in [0.717, 1.165) is 18.2 Å². The van der Waals surface area contributed by atoms with Crippen LogP contribution in [0.3, 0.4) is 0 Å². The van der Waals surface area contributed by atoms with Crippen LogP contribution in [0.5, 0.6) is 11.5 Å². The maximum Gasteiger partial charge on any atom is 0.416 e. The van der Waals surface area contributed by atoms with Crippen LogP contribution < -0.4 is 10.1 Å². The van der Waals surface area contributed by atoms with Crippen molar-refractivity contribution in [1.29, 1.82) is 5.26 Å². The van der Waals surface area contributed by atoms with Crippen LogP contribution in [0.2, 0.25) is 5.02 Å². The van der Waals surface area contributed by atoms with Gasteiger partial charge in [-0.1, -0.05) is 17.7 Å². The Hall–Kier alpha value is -4.96. The minimum atomic E-state index is -4.83. The van der Waals surface area contributed by atoms with E-state index in [2.05, 4.69) is 5.32 Å². The first-order valence-corrected chi connectivity index (χ1v) is 10.3. The second kappa shape index (κ2) is 10.8. The highest BCUT2D eigenvalue weighted by atomic mass is 35.5. The van der Waals surface area contributed by atoms with Crippen LogP contribution >= 0.6 is 11.6 Å². The van der Waals surface area contributed by atoms with E-state index >= 15 is 0 Å². The van der Waals surface area contributed by atoms with Gasteiger partial charge in [-0.05, 0) is 42.5 Å². The number of nitro groups is 2. The molecule has 3 aromatic rings. The molecule has 0 atom stereocenters. The molecule has 0 aliphatic rings. The molecule has 0 fully saturated rings. The lowest BCUT2D eigenvalue weighted by molar-refractivity contribution is -0.385. The van der Waals surface area contributed by atoms with Gasteiger partial charge in [-0.3, -0.25) is 25.0 Å². The third-order valence-corrected chi connectivity index (χ3v) is 4.89. The number of benzene rings is 3. The Morgan fingerprint density at radius 2 is 1.73 bits per heavy atom. The number of carbonyl (C=O) groups excluding carboxylic acids is 1. The molecule has 14 heteroatoms. The Bertz CT molecular complexity index is 1480. The van der Waals surface area contributed by atoms with Gasteiger partial charge in [-0.2, -0.15) is 18.4 Å². The first kappa shape index (κ1) is 26.6. The highest BCUT2D eigenvalue weighted by molar-refractivity contribution is 6.30. The number of anilines is 1. The molecule has 0 heterocycles. The third kappa shape index (κ3) is 6.59. The van der Waals surface area contributed by atoms with Gasteiger partial charge in [0, 0.05) is 34.5 Å². The van der Waals surface area contributed by atoms with E-state index in [1.54, 1.807) is 6.07 Å². The lowest BCUT2D eigenvalue weighted by Crippen LogP contribution is -2.13. The zero-order chi connectivity index (χ0) is 27.3. The van der Waals surface area contributed by atoms with Crippen molar-refractivity contribution in [1.82, 2.24) is 0 Å². The quantitative estimate of drug-likeness (QED) is 0.158. The van der Waals surface area contributed by atoms with Gasteiger partial charge in [-0.15, -0.1) is 0 Å². The van der Waals surface area contributed by atoms with Gasteiger partial charge < -0.3 is 10.1 Å². The Morgan fingerprint density at radius 3 is 2.35 bits per heavy atom. The van der Waals surface area contributed by atoms with Gasteiger partial charge in [0.25, 0.3) is 11.6 Å². The number of non-ortho nitro benzene ring substituents is 1. The normalized spacial score (nSPS) is 11.4. The summed E-state index contributed by atoms with van der Waals surface area (Å²) in [4.78, 5) is 33.2. The number of amides is 1. The predicted octanol–water partition coefficient (Wildman–Crippen LogP) is 6.51. The fourth-order valence-corrected chi connectivity index (χ4v) is 3.15. The summed E-state index contributed by atoms with van der Waals surface area (Å²) in [6.07, 6.45) is -3.80. The summed E-state index contributed by atoms with van der Waals surface area (Å²) >= 11 is 5.99. The fourth-order valence-electron chi connectivity index (χ4n) is 2.97. The molecule has 0 unspecified atom stereocenters. The van der Waals surface area contributed by atoms with Crippen molar-refractivity contribution in [2.24, 2.45) is 0 Å². The van der Waals surface area contributed by atoms with Crippen LogP contribution in [0.15, 0.2) is 66.2 Å². The van der Waals surface area contributed by atoms with E-state index in [4.69, 9.17) is 16.3 Å². The minimum absolute atomic E-state index is 0.00700. The number of nitrogens with one attached hydrogen (secondary N) is 1. The highest BCUT2D eigenvalue weighted by Crippen LogP contribution is 2.39. The second-order valence-electron chi connectivity index (χ2n) is 7.15. The molecule has 0 saturated heterocycles. The summed E-state index contributed by atoms with van der Waals surface area (Å²) in [5.41, 5.74) is -3.00. The molecule has 0 aromatic heterocycles. The Morgan fingerprint density at radius 1 is 1.03 bits per heavy atom. The van der Waals surface area contributed by atoms with E-state index in [0.29, 0.717) is 12.1 Å². The van der Waals surface area contributed by atoms with Crippen LogP contribution in [-0.4, -0.2) is 15.8 Å². The Labute approximate surface area is 210 Å². The van der Waals surface area contributed by atoms with E-state index in [1.165, 1.54) is 36.4 Å². The number of hydrogen-bond acceptors (Lipinski definition) is 7. The van der Waals surface area contributed by atoms with E-state index in [-0.39, 0.29) is 27.7 Å². The lowest BCUT2D eigenvalue weighted by Gasteiger charge is -2.12. The van der Waals surface area contributed by atoms with E-state index < -0.39 is 44.5 Å². The average molecular weight is 533 g/mol. The smallest absolute Gasteiger partial charge is 0.416 e. The summed E-state index contributed by atoms with van der Waals surface area (Å²) in [6, 6.07) is 12.1. The predicted molar refractivity (Wildman–Crippen MR) is 125 cm³/mol. The molecule has 37 heavy (non-hydrogen) atoms. The van der Waals surface area contributed by atoms with E-state index in [1.807, 2.05) is 0 Å². The largest absolute Gasteiger partial charge is 0.449 e. The van der Waals surface area contributed by atoms with Crippen LogP contribution in [0, 0.1) is 31.6 Å². The maximum atomic E-state index is 13.0. The van der Waals surface area contributed by atoms with Crippen LogP contribution in [-0.2, 0) is 11.0 Å². The number of hydrogen-bond donors (Lipinski definition) is 1. The molecule has 0 saturated carbocycles. The van der Waals surface area contributed by atoms with Crippen molar-refractivity contribution in [3.8, 4) is 17.6 Å². The Balaban J connectivity index is 1.98. The second-order valence-corrected chi connectivity index (χ2v) is 7.59. The molecule has 188 valence electrons. The molecule has 0 aliphatic heterocycles. The SMILES string of the molecule is N#C/C(=C\c1cc(Cl)ccc1Oc1ccc(C(F)(F)F)cc1[N+](=O)[O-])C(=O)Nc1cccc([N+](=O)[O-])c1. The molecule has 0 bridgehead atoms. The summed E-state index contributed by atoms with van der Waals surface area (Å²) in [7, 11) is 0. The van der Waals surface area contributed by atoms with Crippen molar-refractivity contribution in [2.75, 3.05) is 5.32 Å². The fraction of sp³-hybridized carbons (Fsp3) is 0.0435. The summed E-state index contributed by atoms with van der Waals surface area (Å²) in [6.45, 7) is 0. The zero-order valence-electron chi connectivity index (χ0n) is 18.2.